The Morgan fingerprint density at radius 2 is 1.63 bits per heavy atom. The lowest BCUT2D eigenvalue weighted by Crippen LogP contribution is -2.49. The number of rotatable bonds is 6. The summed E-state index contributed by atoms with van der Waals surface area (Å²) in [4.78, 5) is 41.5. The fourth-order valence-corrected chi connectivity index (χ4v) is 5.13. The highest BCUT2D eigenvalue weighted by Gasteiger charge is 2.24. The minimum absolute atomic E-state index is 0.0408. The third kappa shape index (κ3) is 5.71. The Bertz CT molecular complexity index is 1360. The number of carbonyl (C=O) groups is 1. The maximum Gasteiger partial charge on any atom is 0.253 e. The Labute approximate surface area is 222 Å². The summed E-state index contributed by atoms with van der Waals surface area (Å²) >= 11 is 0. The molecule has 1 amide bonds. The number of anilines is 2. The number of hydrogen-bond acceptors (Lipinski definition) is 7. The first-order valence-corrected chi connectivity index (χ1v) is 13.2. The largest absolute Gasteiger partial charge is 0.368 e. The smallest absolute Gasteiger partial charge is 0.253 e. The molecular formula is C29H33N7O2. The van der Waals surface area contributed by atoms with Crippen LogP contribution in [-0.4, -0.2) is 78.0 Å². The number of carbonyl (C=O) groups excluding carboxylic acids is 1. The average Bonchev–Trinajstić information content (AvgIpc) is 2.97. The molecule has 3 aromatic rings. The number of nitrogens with one attached hydrogen (secondary N) is 1. The van der Waals surface area contributed by atoms with Crippen LogP contribution in [0.15, 0.2) is 59.4 Å². The molecule has 0 unspecified atom stereocenters. The van der Waals surface area contributed by atoms with Gasteiger partial charge >= 0.3 is 0 Å². The molecule has 0 spiro atoms. The Morgan fingerprint density at radius 3 is 2.32 bits per heavy atom. The fraction of sp³-hybridized carbons (Fsp3) is 0.379. The summed E-state index contributed by atoms with van der Waals surface area (Å²) < 4.78 is 0. The molecular weight excluding hydrogens is 478 g/mol. The number of para-hydroxylation sites is 1. The summed E-state index contributed by atoms with van der Waals surface area (Å²) in [5.74, 6) is 0.604. The van der Waals surface area contributed by atoms with Crippen molar-refractivity contribution in [2.45, 2.75) is 19.9 Å². The Hall–Kier alpha value is -4.16. The molecule has 1 N–H and O–H groups in total. The van der Waals surface area contributed by atoms with Crippen LogP contribution in [0.3, 0.4) is 0 Å². The highest BCUT2D eigenvalue weighted by atomic mass is 16.2. The van der Waals surface area contributed by atoms with Crippen LogP contribution in [0.25, 0.3) is 0 Å². The van der Waals surface area contributed by atoms with E-state index in [4.69, 9.17) is 4.98 Å². The van der Waals surface area contributed by atoms with E-state index in [2.05, 4.69) is 27.8 Å². The Morgan fingerprint density at radius 1 is 0.947 bits per heavy atom. The Kier molecular flexibility index (Phi) is 7.70. The number of nitrogens with zero attached hydrogens (tertiary/aromatic N) is 6. The number of nitriles is 1. The van der Waals surface area contributed by atoms with Crippen molar-refractivity contribution in [2.24, 2.45) is 0 Å². The van der Waals surface area contributed by atoms with Gasteiger partial charge in [-0.3, -0.25) is 19.5 Å². The van der Waals surface area contributed by atoms with Gasteiger partial charge < -0.3 is 14.7 Å². The lowest BCUT2D eigenvalue weighted by molar-refractivity contribution is 0.0746. The molecule has 0 aliphatic carbocycles. The zero-order valence-electron chi connectivity index (χ0n) is 21.8. The van der Waals surface area contributed by atoms with Crippen molar-refractivity contribution in [1.82, 2.24) is 19.8 Å². The summed E-state index contributed by atoms with van der Waals surface area (Å²) in [6.45, 7) is 8.34. The molecule has 9 heteroatoms. The van der Waals surface area contributed by atoms with E-state index >= 15 is 0 Å². The molecule has 0 saturated carbocycles. The van der Waals surface area contributed by atoms with Crippen molar-refractivity contribution in [3.8, 4) is 6.07 Å². The van der Waals surface area contributed by atoms with Crippen LogP contribution in [0.2, 0.25) is 0 Å². The molecule has 2 aliphatic rings. The highest BCUT2D eigenvalue weighted by Crippen LogP contribution is 2.22. The first-order valence-electron chi connectivity index (χ1n) is 13.2. The first kappa shape index (κ1) is 25.5. The van der Waals surface area contributed by atoms with E-state index in [0.29, 0.717) is 49.8 Å². The molecule has 2 aliphatic heterocycles. The van der Waals surface area contributed by atoms with Gasteiger partial charge in [0, 0.05) is 70.5 Å². The van der Waals surface area contributed by atoms with Crippen LogP contribution >= 0.6 is 0 Å². The van der Waals surface area contributed by atoms with Gasteiger partial charge in [-0.2, -0.15) is 5.26 Å². The second-order valence-electron chi connectivity index (χ2n) is 9.78. The minimum atomic E-state index is -0.166. The zero-order chi connectivity index (χ0) is 26.5. The van der Waals surface area contributed by atoms with Crippen molar-refractivity contribution < 1.29 is 4.79 Å². The topological polar surface area (TPSA) is 99.6 Å². The van der Waals surface area contributed by atoms with E-state index in [9.17, 15) is 14.9 Å². The summed E-state index contributed by atoms with van der Waals surface area (Å²) in [6.07, 6.45) is 0.949. The summed E-state index contributed by atoms with van der Waals surface area (Å²) in [5.41, 5.74) is 4.16. The SMILES string of the molecule is CCc1ccc(C(=O)N2CCN(c3nc(CN4CCN(c5ccccc5C#N)CC4)cc(=O)[nH]3)CC2)cc1. The first-order chi connectivity index (χ1) is 18.5. The van der Waals surface area contributed by atoms with Crippen molar-refractivity contribution in [3.05, 3.63) is 87.3 Å². The monoisotopic (exact) mass is 511 g/mol. The highest BCUT2D eigenvalue weighted by molar-refractivity contribution is 5.94. The van der Waals surface area contributed by atoms with Gasteiger partial charge in [-0.25, -0.2) is 4.98 Å². The second-order valence-corrected chi connectivity index (χ2v) is 9.78. The van der Waals surface area contributed by atoms with E-state index in [1.165, 1.54) is 5.56 Å². The number of H-pyrrole nitrogens is 1. The number of hydrogen-bond donors (Lipinski definition) is 1. The summed E-state index contributed by atoms with van der Waals surface area (Å²) in [6, 6.07) is 19.4. The number of piperazine rings is 2. The molecule has 9 nitrogen and oxygen atoms in total. The van der Waals surface area contributed by atoms with E-state index in [1.54, 1.807) is 6.07 Å². The molecule has 3 heterocycles. The van der Waals surface area contributed by atoms with Crippen molar-refractivity contribution in [2.75, 3.05) is 62.2 Å². The molecule has 5 rings (SSSR count). The third-order valence-electron chi connectivity index (χ3n) is 7.38. The normalized spacial score (nSPS) is 16.4. The van der Waals surface area contributed by atoms with Crippen LogP contribution in [0.5, 0.6) is 0 Å². The van der Waals surface area contributed by atoms with E-state index in [-0.39, 0.29) is 11.5 Å². The van der Waals surface area contributed by atoms with Gasteiger partial charge in [-0.1, -0.05) is 31.2 Å². The molecule has 0 bridgehead atoms. The van der Waals surface area contributed by atoms with Crippen LogP contribution in [0.1, 0.15) is 34.1 Å². The van der Waals surface area contributed by atoms with E-state index < -0.39 is 0 Å². The molecule has 196 valence electrons. The predicted octanol–water partition coefficient (Wildman–Crippen LogP) is 2.49. The molecule has 0 atom stereocenters. The van der Waals surface area contributed by atoms with Crippen LogP contribution < -0.4 is 15.4 Å². The van der Waals surface area contributed by atoms with Gasteiger partial charge in [0.05, 0.1) is 16.9 Å². The number of aromatic amines is 1. The van der Waals surface area contributed by atoms with Gasteiger partial charge in [0.15, 0.2) is 0 Å². The van der Waals surface area contributed by atoms with Crippen molar-refractivity contribution in [3.63, 3.8) is 0 Å². The summed E-state index contributed by atoms with van der Waals surface area (Å²) in [5, 5.41) is 9.42. The molecule has 0 radical (unpaired) electrons. The predicted molar refractivity (Wildman–Crippen MR) is 147 cm³/mol. The van der Waals surface area contributed by atoms with E-state index in [0.717, 1.165) is 44.0 Å². The van der Waals surface area contributed by atoms with Crippen molar-refractivity contribution >= 4 is 17.5 Å². The van der Waals surface area contributed by atoms with E-state index in [1.807, 2.05) is 58.3 Å². The Balaban J connectivity index is 1.17. The molecule has 2 saturated heterocycles. The summed E-state index contributed by atoms with van der Waals surface area (Å²) in [7, 11) is 0. The van der Waals surface area contributed by atoms with Crippen LogP contribution in [0.4, 0.5) is 11.6 Å². The minimum Gasteiger partial charge on any atom is -0.368 e. The van der Waals surface area contributed by atoms with Gasteiger partial charge in [0.25, 0.3) is 11.5 Å². The lowest BCUT2D eigenvalue weighted by atomic mass is 10.1. The van der Waals surface area contributed by atoms with Crippen LogP contribution in [-0.2, 0) is 13.0 Å². The van der Waals surface area contributed by atoms with Gasteiger partial charge in [0.2, 0.25) is 5.95 Å². The molecule has 1 aromatic heterocycles. The van der Waals surface area contributed by atoms with Gasteiger partial charge in [0.1, 0.15) is 6.07 Å². The zero-order valence-corrected chi connectivity index (χ0v) is 21.8. The average molecular weight is 512 g/mol. The quantitative estimate of drug-likeness (QED) is 0.543. The maximum absolute atomic E-state index is 12.9. The second kappa shape index (κ2) is 11.5. The van der Waals surface area contributed by atoms with Crippen molar-refractivity contribution in [1.29, 1.82) is 5.26 Å². The number of aryl methyl sites for hydroxylation is 1. The number of amides is 1. The number of aromatic nitrogens is 2. The standard InChI is InChI=1S/C29H33N7O2/c1-2-22-7-9-23(10-8-22)28(38)35-15-17-36(18-16-35)29-31-25(19-27(37)32-29)21-33-11-13-34(14-12-33)26-6-4-3-5-24(26)20-30/h3-10,19H,2,11-18,21H2,1H3,(H,31,32,37). The maximum atomic E-state index is 12.9. The lowest BCUT2D eigenvalue weighted by Gasteiger charge is -2.36. The third-order valence-corrected chi connectivity index (χ3v) is 7.38. The van der Waals surface area contributed by atoms with Gasteiger partial charge in [-0.15, -0.1) is 0 Å². The molecule has 2 fully saturated rings. The fourth-order valence-electron chi connectivity index (χ4n) is 5.13. The molecule has 2 aromatic carbocycles. The molecule has 38 heavy (non-hydrogen) atoms. The number of benzene rings is 2. The van der Waals surface area contributed by atoms with Gasteiger partial charge in [-0.05, 0) is 36.2 Å². The van der Waals surface area contributed by atoms with Crippen LogP contribution in [0, 0.1) is 11.3 Å².